The van der Waals surface area contributed by atoms with Crippen molar-refractivity contribution in [3.8, 4) is 5.75 Å². The van der Waals surface area contributed by atoms with E-state index in [2.05, 4.69) is 5.32 Å². The van der Waals surface area contributed by atoms with Gasteiger partial charge in [0.15, 0.2) is 0 Å². The number of nitrogens with one attached hydrogen (secondary N) is 2. The standard InChI is InChI=1S/C15H11F3N2O3/c16-15(17,18)14(23)20-11-6-4-10(5-7-11)19-13(22)9-2-1-3-12(21)8-9/h1-8,21H,(H,19,22)(H,20,23). The molecule has 0 atom stereocenters. The number of anilines is 2. The average Bonchev–Trinajstić information content (AvgIpc) is 2.48. The lowest BCUT2D eigenvalue weighted by Crippen LogP contribution is -2.29. The molecule has 0 heterocycles. The van der Waals surface area contributed by atoms with Crippen molar-refractivity contribution in [2.24, 2.45) is 0 Å². The van der Waals surface area contributed by atoms with Crippen LogP contribution in [-0.2, 0) is 4.79 Å². The van der Waals surface area contributed by atoms with Gasteiger partial charge in [-0.15, -0.1) is 0 Å². The zero-order valence-corrected chi connectivity index (χ0v) is 11.5. The van der Waals surface area contributed by atoms with Gasteiger partial charge in [0.2, 0.25) is 0 Å². The Bertz CT molecular complexity index is 727. The van der Waals surface area contributed by atoms with E-state index in [0.717, 1.165) is 0 Å². The highest BCUT2D eigenvalue weighted by atomic mass is 19.4. The lowest BCUT2D eigenvalue weighted by atomic mass is 10.2. The number of halogens is 3. The van der Waals surface area contributed by atoms with Crippen molar-refractivity contribution in [3.05, 3.63) is 54.1 Å². The number of phenolic OH excluding ortho intramolecular Hbond substituents is 1. The van der Waals surface area contributed by atoms with Gasteiger partial charge in [0.05, 0.1) is 0 Å². The molecule has 5 nitrogen and oxygen atoms in total. The summed E-state index contributed by atoms with van der Waals surface area (Å²) in [6.07, 6.45) is -4.97. The quantitative estimate of drug-likeness (QED) is 0.811. The van der Waals surface area contributed by atoms with Gasteiger partial charge in [-0.1, -0.05) is 6.07 Å². The number of alkyl halides is 3. The van der Waals surface area contributed by atoms with Crippen LogP contribution in [0.5, 0.6) is 5.75 Å². The molecule has 23 heavy (non-hydrogen) atoms. The summed E-state index contributed by atoms with van der Waals surface area (Å²) in [6.45, 7) is 0. The molecular formula is C15H11F3N2O3. The molecule has 0 saturated carbocycles. The van der Waals surface area contributed by atoms with E-state index in [1.165, 1.54) is 48.5 Å². The fourth-order valence-corrected chi connectivity index (χ4v) is 1.69. The smallest absolute Gasteiger partial charge is 0.471 e. The van der Waals surface area contributed by atoms with Crippen LogP contribution in [0.4, 0.5) is 24.5 Å². The monoisotopic (exact) mass is 324 g/mol. The number of amides is 2. The number of aromatic hydroxyl groups is 1. The highest BCUT2D eigenvalue weighted by molar-refractivity contribution is 6.04. The van der Waals surface area contributed by atoms with Gasteiger partial charge < -0.3 is 15.7 Å². The minimum absolute atomic E-state index is 0.0531. The predicted molar refractivity (Wildman–Crippen MR) is 77.2 cm³/mol. The minimum Gasteiger partial charge on any atom is -0.508 e. The predicted octanol–water partition coefficient (Wildman–Crippen LogP) is 3.15. The van der Waals surface area contributed by atoms with Crippen LogP contribution in [0.25, 0.3) is 0 Å². The molecule has 0 fully saturated rings. The van der Waals surface area contributed by atoms with Gasteiger partial charge in [-0.2, -0.15) is 13.2 Å². The lowest BCUT2D eigenvalue weighted by Gasteiger charge is -2.09. The van der Waals surface area contributed by atoms with E-state index in [0.29, 0.717) is 5.69 Å². The van der Waals surface area contributed by atoms with E-state index < -0.39 is 18.0 Å². The zero-order valence-electron chi connectivity index (χ0n) is 11.5. The fourth-order valence-electron chi connectivity index (χ4n) is 1.69. The van der Waals surface area contributed by atoms with Crippen molar-refractivity contribution >= 4 is 23.2 Å². The first-order chi connectivity index (χ1) is 10.8. The van der Waals surface area contributed by atoms with Crippen LogP contribution in [0.2, 0.25) is 0 Å². The summed E-state index contributed by atoms with van der Waals surface area (Å²) in [4.78, 5) is 22.7. The maximum absolute atomic E-state index is 12.1. The molecule has 3 N–H and O–H groups in total. The van der Waals surface area contributed by atoms with Gasteiger partial charge in [-0.25, -0.2) is 0 Å². The second-order valence-electron chi connectivity index (χ2n) is 4.53. The summed E-state index contributed by atoms with van der Waals surface area (Å²) in [5.74, 6) is -2.63. The van der Waals surface area contributed by atoms with Gasteiger partial charge in [-0.05, 0) is 42.5 Å². The van der Waals surface area contributed by atoms with E-state index >= 15 is 0 Å². The molecule has 0 aliphatic carbocycles. The highest BCUT2D eigenvalue weighted by Gasteiger charge is 2.38. The van der Waals surface area contributed by atoms with Gasteiger partial charge in [0.25, 0.3) is 5.91 Å². The SMILES string of the molecule is O=C(Nc1ccc(NC(=O)C(F)(F)F)cc1)c1cccc(O)c1. The third-order valence-corrected chi connectivity index (χ3v) is 2.77. The molecule has 0 saturated heterocycles. The highest BCUT2D eigenvalue weighted by Crippen LogP contribution is 2.20. The van der Waals surface area contributed by atoms with Crippen LogP contribution in [0.1, 0.15) is 10.4 Å². The van der Waals surface area contributed by atoms with Crippen LogP contribution in [-0.4, -0.2) is 23.1 Å². The van der Waals surface area contributed by atoms with Gasteiger partial charge >= 0.3 is 12.1 Å². The van der Waals surface area contributed by atoms with Crippen LogP contribution in [0, 0.1) is 0 Å². The van der Waals surface area contributed by atoms with Crippen molar-refractivity contribution < 1.29 is 27.9 Å². The second-order valence-corrected chi connectivity index (χ2v) is 4.53. The Morgan fingerprint density at radius 1 is 0.913 bits per heavy atom. The number of hydrogen-bond acceptors (Lipinski definition) is 3. The molecule has 120 valence electrons. The first kappa shape index (κ1) is 16.3. The molecule has 2 aromatic rings. The summed E-state index contributed by atoms with van der Waals surface area (Å²) >= 11 is 0. The third kappa shape index (κ3) is 4.47. The zero-order chi connectivity index (χ0) is 17.0. The first-order valence-electron chi connectivity index (χ1n) is 6.34. The molecule has 0 unspecified atom stereocenters. The van der Waals surface area contributed by atoms with Crippen molar-refractivity contribution in [2.45, 2.75) is 6.18 Å². The maximum atomic E-state index is 12.1. The second kappa shape index (κ2) is 6.39. The summed E-state index contributed by atoms with van der Waals surface area (Å²) in [5.41, 5.74) is 0.491. The van der Waals surface area contributed by atoms with E-state index in [4.69, 9.17) is 0 Å². The maximum Gasteiger partial charge on any atom is 0.471 e. The first-order valence-corrected chi connectivity index (χ1v) is 6.34. The molecule has 0 aromatic heterocycles. The van der Waals surface area contributed by atoms with Crippen molar-refractivity contribution in [1.82, 2.24) is 0 Å². The lowest BCUT2D eigenvalue weighted by molar-refractivity contribution is -0.167. The normalized spacial score (nSPS) is 10.9. The molecular weight excluding hydrogens is 313 g/mol. The molecule has 0 aliphatic rings. The van der Waals surface area contributed by atoms with Gasteiger partial charge in [0, 0.05) is 16.9 Å². The van der Waals surface area contributed by atoms with Crippen molar-refractivity contribution in [3.63, 3.8) is 0 Å². The molecule has 0 spiro atoms. The molecule has 0 aliphatic heterocycles. The number of phenols is 1. The van der Waals surface area contributed by atoms with Crippen molar-refractivity contribution in [1.29, 1.82) is 0 Å². The summed E-state index contributed by atoms with van der Waals surface area (Å²) < 4.78 is 36.4. The summed E-state index contributed by atoms with van der Waals surface area (Å²) in [6, 6.07) is 10.8. The average molecular weight is 324 g/mol. The molecule has 0 bridgehead atoms. The van der Waals surface area contributed by atoms with E-state index in [1.54, 1.807) is 5.32 Å². The van der Waals surface area contributed by atoms with E-state index in [1.807, 2.05) is 0 Å². The Kier molecular flexibility index (Phi) is 4.54. The summed E-state index contributed by atoms with van der Waals surface area (Å²) in [5, 5.41) is 13.5. The van der Waals surface area contributed by atoms with E-state index in [-0.39, 0.29) is 17.0 Å². The number of benzene rings is 2. The number of rotatable bonds is 3. The summed E-state index contributed by atoms with van der Waals surface area (Å²) in [7, 11) is 0. The minimum atomic E-state index is -4.97. The Balaban J connectivity index is 2.03. The molecule has 8 heteroatoms. The van der Waals surface area contributed by atoms with Gasteiger partial charge in [-0.3, -0.25) is 9.59 Å². The topological polar surface area (TPSA) is 78.4 Å². The Labute approximate surface area is 128 Å². The Hall–Kier alpha value is -3.03. The van der Waals surface area contributed by atoms with Crippen LogP contribution in [0.15, 0.2) is 48.5 Å². The Morgan fingerprint density at radius 3 is 2.00 bits per heavy atom. The number of carbonyl (C=O) groups excluding carboxylic acids is 2. The molecule has 2 rings (SSSR count). The van der Waals surface area contributed by atoms with Crippen molar-refractivity contribution in [2.75, 3.05) is 10.6 Å². The van der Waals surface area contributed by atoms with Gasteiger partial charge in [0.1, 0.15) is 5.75 Å². The van der Waals surface area contributed by atoms with Crippen LogP contribution < -0.4 is 10.6 Å². The molecule has 0 radical (unpaired) electrons. The molecule has 2 aromatic carbocycles. The third-order valence-electron chi connectivity index (χ3n) is 2.77. The Morgan fingerprint density at radius 2 is 1.48 bits per heavy atom. The van der Waals surface area contributed by atoms with Crippen LogP contribution >= 0.6 is 0 Å². The van der Waals surface area contributed by atoms with Crippen LogP contribution in [0.3, 0.4) is 0 Å². The van der Waals surface area contributed by atoms with E-state index in [9.17, 15) is 27.9 Å². The molecule has 2 amide bonds. The fraction of sp³-hybridized carbons (Fsp3) is 0.0667. The number of hydrogen-bond donors (Lipinski definition) is 3. The number of carbonyl (C=O) groups is 2. The largest absolute Gasteiger partial charge is 0.508 e.